The van der Waals surface area contributed by atoms with Crippen LogP contribution in [0.3, 0.4) is 0 Å². The van der Waals surface area contributed by atoms with Crippen molar-refractivity contribution in [3.8, 4) is 0 Å². The summed E-state index contributed by atoms with van der Waals surface area (Å²) in [6, 6.07) is 0. The molecule has 18 heteroatoms. The van der Waals surface area contributed by atoms with Gasteiger partial charge in [-0.1, -0.05) is 0 Å². The van der Waals surface area contributed by atoms with Crippen LogP contribution in [0.15, 0.2) is 0 Å². The van der Waals surface area contributed by atoms with Gasteiger partial charge in [-0.25, -0.2) is 0 Å². The van der Waals surface area contributed by atoms with Crippen molar-refractivity contribution in [2.75, 3.05) is 0 Å². The largest absolute Gasteiger partial charge is 0.425 e. The summed E-state index contributed by atoms with van der Waals surface area (Å²) in [7, 11) is -4.44. The molecule has 0 aliphatic carbocycles. The van der Waals surface area contributed by atoms with E-state index in [0.29, 0.717) is 0 Å². The third-order valence-corrected chi connectivity index (χ3v) is 13.5. The quantitative estimate of drug-likeness (QED) is 0.359. The van der Waals surface area contributed by atoms with Crippen molar-refractivity contribution in [1.29, 1.82) is 0 Å². The van der Waals surface area contributed by atoms with Crippen LogP contribution < -0.4 is 0 Å². The van der Waals surface area contributed by atoms with Gasteiger partial charge in [0.25, 0.3) is 90.1 Å². The lowest BCUT2D eigenvalue weighted by Gasteiger charge is -2.10. The molecule has 9 nitrogen and oxygen atoms in total. The Hall–Kier alpha value is 1.59. The molecular weight excluding hydrogens is 397 g/mol. The summed E-state index contributed by atoms with van der Waals surface area (Å²) in [4.78, 5) is 0. The maximum atomic E-state index is 4.94. The molecule has 3 fully saturated rings. The first-order chi connectivity index (χ1) is 9.00. The van der Waals surface area contributed by atoms with Gasteiger partial charge in [-0.2, -0.15) is 0 Å². The van der Waals surface area contributed by atoms with E-state index in [1.54, 1.807) is 0 Å². The molecule has 3 aliphatic rings. The number of hydrogen-bond acceptors (Lipinski definition) is 9. The predicted octanol–water partition coefficient (Wildman–Crippen LogP) is -8.86. The monoisotopic (exact) mass is 414 g/mol. The molecule has 0 aromatic heterocycles. The minimum Gasteiger partial charge on any atom is -0.425 e. The van der Waals surface area contributed by atoms with E-state index in [4.69, 9.17) is 37.0 Å². The van der Waals surface area contributed by atoms with Crippen molar-refractivity contribution >= 4 is 90.1 Å². The van der Waals surface area contributed by atoms with E-state index in [0.717, 1.165) is 0 Å². The fourth-order valence-corrected chi connectivity index (χ4v) is 17.1. The standard InChI is InChI=1S/3H6O3Si3/c3*1-4-2-6-3-5-1/h3*4-6H2. The predicted molar refractivity (Wildman–Crippen MR) is 86.7 cm³/mol. The Balaban J connectivity index is 0.000000135. The molecule has 3 saturated heterocycles. The van der Waals surface area contributed by atoms with Gasteiger partial charge in [0, 0.05) is 0 Å². The Bertz CT molecular complexity index is 93.1. The summed E-state index contributed by atoms with van der Waals surface area (Å²) in [5.74, 6) is 0. The Labute approximate surface area is 127 Å². The molecule has 0 atom stereocenters. The van der Waals surface area contributed by atoms with E-state index in [9.17, 15) is 0 Å². The molecule has 0 aromatic carbocycles. The molecule has 0 radical (unpaired) electrons. The van der Waals surface area contributed by atoms with E-state index in [-0.39, 0.29) is 0 Å². The van der Waals surface area contributed by atoms with Crippen molar-refractivity contribution < 1.29 is 37.0 Å². The molecule has 0 unspecified atom stereocenters. The first kappa shape index (κ1) is 17.6. The molecule has 0 aromatic rings. The van der Waals surface area contributed by atoms with E-state index < -0.39 is 90.1 Å². The van der Waals surface area contributed by atoms with Gasteiger partial charge in [0.15, 0.2) is 0 Å². The van der Waals surface area contributed by atoms with Gasteiger partial charge in [-0.15, -0.1) is 0 Å². The van der Waals surface area contributed by atoms with Gasteiger partial charge in [0.2, 0.25) is 0 Å². The molecule has 0 bridgehead atoms. The highest BCUT2D eigenvalue weighted by Crippen LogP contribution is 1.80. The molecule has 18 heavy (non-hydrogen) atoms. The van der Waals surface area contributed by atoms with Crippen molar-refractivity contribution in [3.63, 3.8) is 0 Å². The molecule has 3 heterocycles. The van der Waals surface area contributed by atoms with Crippen LogP contribution in [0.2, 0.25) is 0 Å². The maximum absolute atomic E-state index is 4.94. The highest BCUT2D eigenvalue weighted by atomic mass is 28.4. The first-order valence-corrected chi connectivity index (χ1v) is 15.6. The zero-order chi connectivity index (χ0) is 12.7. The molecule has 0 saturated carbocycles. The summed E-state index contributed by atoms with van der Waals surface area (Å²) in [5, 5.41) is 0. The fraction of sp³-hybridized carbons (Fsp3) is 0. The van der Waals surface area contributed by atoms with E-state index in [2.05, 4.69) is 0 Å². The molecule has 0 amide bonds. The van der Waals surface area contributed by atoms with Crippen molar-refractivity contribution in [1.82, 2.24) is 0 Å². The lowest BCUT2D eigenvalue weighted by Crippen LogP contribution is -2.23. The van der Waals surface area contributed by atoms with Gasteiger partial charge >= 0.3 is 0 Å². The number of rotatable bonds is 0. The lowest BCUT2D eigenvalue weighted by molar-refractivity contribution is 0.346. The highest BCUT2D eigenvalue weighted by Gasteiger charge is 1.98. The van der Waals surface area contributed by atoms with Crippen molar-refractivity contribution in [2.24, 2.45) is 0 Å². The van der Waals surface area contributed by atoms with Crippen LogP contribution in [-0.2, 0) is 37.0 Å². The van der Waals surface area contributed by atoms with Crippen LogP contribution in [0.1, 0.15) is 0 Å². The summed E-state index contributed by atoms with van der Waals surface area (Å²) in [6.45, 7) is 0. The summed E-state index contributed by atoms with van der Waals surface area (Å²) in [6.07, 6.45) is 0. The molecular formula is H18O9Si9. The number of hydrogen-bond donors (Lipinski definition) is 0. The lowest BCUT2D eigenvalue weighted by atomic mass is 15.7. The minimum atomic E-state index is -0.493. The van der Waals surface area contributed by atoms with Crippen molar-refractivity contribution in [2.45, 2.75) is 0 Å². The molecule has 3 rings (SSSR count). The summed E-state index contributed by atoms with van der Waals surface area (Å²) < 4.78 is 44.4. The normalized spacial score (nSPS) is 36.0. The first-order valence-electron chi connectivity index (χ1n) is 5.20. The van der Waals surface area contributed by atoms with Crippen molar-refractivity contribution in [3.05, 3.63) is 0 Å². The van der Waals surface area contributed by atoms with Crippen LogP contribution in [0, 0.1) is 0 Å². The molecule has 108 valence electrons. The molecule has 0 spiro atoms. The van der Waals surface area contributed by atoms with Gasteiger partial charge in [0.05, 0.1) is 0 Å². The smallest absolute Gasteiger partial charge is 0.286 e. The minimum absolute atomic E-state index is 0.493. The Kier molecular flexibility index (Phi) is 14.7. The maximum Gasteiger partial charge on any atom is 0.286 e. The van der Waals surface area contributed by atoms with Gasteiger partial charge in [-0.05, 0) is 0 Å². The third-order valence-electron chi connectivity index (χ3n) is 1.50. The second-order valence-electron chi connectivity index (χ2n) is 2.90. The average Bonchev–Trinajstić information content (AvgIpc) is 2.54. The van der Waals surface area contributed by atoms with Crippen LogP contribution in [-0.4, -0.2) is 90.1 Å². The molecule has 0 N–H and O–H groups in total. The van der Waals surface area contributed by atoms with Crippen LogP contribution in [0.4, 0.5) is 0 Å². The topological polar surface area (TPSA) is 83.1 Å². The zero-order valence-corrected chi connectivity index (χ0v) is 22.8. The Morgan fingerprint density at radius 2 is 0.333 bits per heavy atom. The Morgan fingerprint density at radius 1 is 0.222 bits per heavy atom. The third kappa shape index (κ3) is 12.6. The van der Waals surface area contributed by atoms with Gasteiger partial charge < -0.3 is 37.0 Å². The Morgan fingerprint density at radius 3 is 0.389 bits per heavy atom. The van der Waals surface area contributed by atoms with Crippen LogP contribution in [0.25, 0.3) is 0 Å². The van der Waals surface area contributed by atoms with E-state index in [1.807, 2.05) is 0 Å². The SMILES string of the molecule is O1[SiH2]O[SiH2]O[SiH2]1.O1[SiH2]O[SiH2]O[SiH2]1.O1[SiH2]O[SiH2]O[SiH2]1. The van der Waals surface area contributed by atoms with E-state index in [1.165, 1.54) is 0 Å². The van der Waals surface area contributed by atoms with Crippen LogP contribution >= 0.6 is 0 Å². The second-order valence-corrected chi connectivity index (χ2v) is 19.7. The average molecular weight is 415 g/mol. The van der Waals surface area contributed by atoms with Gasteiger partial charge in [-0.3, -0.25) is 0 Å². The second kappa shape index (κ2) is 15.0. The summed E-state index contributed by atoms with van der Waals surface area (Å²) in [5.41, 5.74) is 0. The van der Waals surface area contributed by atoms with Crippen LogP contribution in [0.5, 0.6) is 0 Å². The molecule has 3 aliphatic heterocycles. The van der Waals surface area contributed by atoms with Gasteiger partial charge in [0.1, 0.15) is 0 Å². The highest BCUT2D eigenvalue weighted by molar-refractivity contribution is 6.51. The van der Waals surface area contributed by atoms with E-state index >= 15 is 0 Å². The summed E-state index contributed by atoms with van der Waals surface area (Å²) >= 11 is 0. The fourth-order valence-electron chi connectivity index (χ4n) is 0.837. The zero-order valence-electron chi connectivity index (χ0n) is 10.0.